The summed E-state index contributed by atoms with van der Waals surface area (Å²) in [5, 5.41) is 7.65. The summed E-state index contributed by atoms with van der Waals surface area (Å²) in [4.78, 5) is 13.0. The van der Waals surface area contributed by atoms with Crippen LogP contribution in [0.3, 0.4) is 0 Å². The normalized spacial score (nSPS) is 14.6. The number of halogens is 1. The van der Waals surface area contributed by atoms with Crippen molar-refractivity contribution in [3.63, 3.8) is 0 Å². The first-order valence-electron chi connectivity index (χ1n) is 9.27. The van der Waals surface area contributed by atoms with Gasteiger partial charge in [-0.15, -0.1) is 0 Å². The lowest BCUT2D eigenvalue weighted by Crippen LogP contribution is -2.15. The molecule has 6 nitrogen and oxygen atoms in total. The highest BCUT2D eigenvalue weighted by Crippen LogP contribution is 2.34. The van der Waals surface area contributed by atoms with Crippen LogP contribution in [-0.2, 0) is 12.8 Å². The van der Waals surface area contributed by atoms with E-state index >= 15 is 0 Å². The highest BCUT2D eigenvalue weighted by atomic mass is 79.9. The molecule has 2 heterocycles. The van der Waals surface area contributed by atoms with E-state index in [1.807, 2.05) is 35.0 Å². The first-order valence-corrected chi connectivity index (χ1v) is 10.1. The van der Waals surface area contributed by atoms with Gasteiger partial charge >= 0.3 is 0 Å². The van der Waals surface area contributed by atoms with Gasteiger partial charge in [0.15, 0.2) is 17.2 Å². The van der Waals surface area contributed by atoms with Crippen LogP contribution < -0.4 is 14.8 Å². The van der Waals surface area contributed by atoms with Crippen molar-refractivity contribution >= 4 is 27.5 Å². The third-order valence-corrected chi connectivity index (χ3v) is 5.57. The molecule has 2 aliphatic rings. The van der Waals surface area contributed by atoms with Crippen LogP contribution in [0.4, 0.5) is 5.69 Å². The Morgan fingerprint density at radius 1 is 1.07 bits per heavy atom. The fourth-order valence-electron chi connectivity index (χ4n) is 3.77. The van der Waals surface area contributed by atoms with E-state index in [0.29, 0.717) is 22.9 Å². The predicted octanol–water partition coefficient (Wildman–Crippen LogP) is 4.49. The first kappa shape index (κ1) is 17.3. The van der Waals surface area contributed by atoms with Gasteiger partial charge in [0.25, 0.3) is 5.91 Å². The highest BCUT2D eigenvalue weighted by molar-refractivity contribution is 9.10. The van der Waals surface area contributed by atoms with Gasteiger partial charge in [0.05, 0.1) is 5.69 Å². The maximum absolute atomic E-state index is 13.0. The fourth-order valence-corrected chi connectivity index (χ4v) is 4.15. The summed E-state index contributed by atoms with van der Waals surface area (Å²) in [7, 11) is 0. The SMILES string of the molecule is O=C(Nc1ccc2c(c1)OCO2)c1nn(-c2cccc(Br)c2)c2c1CCCC2. The molecule has 0 bridgehead atoms. The van der Waals surface area contributed by atoms with Crippen LogP contribution in [0.5, 0.6) is 11.5 Å². The molecule has 1 aromatic heterocycles. The molecule has 1 amide bonds. The summed E-state index contributed by atoms with van der Waals surface area (Å²) in [6.07, 6.45) is 3.97. The van der Waals surface area contributed by atoms with E-state index in [9.17, 15) is 4.79 Å². The number of amides is 1. The minimum Gasteiger partial charge on any atom is -0.454 e. The molecular weight excluding hydrogens is 422 g/mol. The highest BCUT2D eigenvalue weighted by Gasteiger charge is 2.26. The molecule has 142 valence electrons. The van der Waals surface area contributed by atoms with Crippen molar-refractivity contribution in [3.8, 4) is 17.2 Å². The minimum absolute atomic E-state index is 0.203. The zero-order chi connectivity index (χ0) is 19.1. The van der Waals surface area contributed by atoms with E-state index in [2.05, 4.69) is 21.2 Å². The summed E-state index contributed by atoms with van der Waals surface area (Å²) in [6, 6.07) is 13.4. The van der Waals surface area contributed by atoms with Gasteiger partial charge < -0.3 is 14.8 Å². The molecule has 3 aromatic rings. The average Bonchev–Trinajstić information content (AvgIpc) is 3.32. The van der Waals surface area contributed by atoms with Crippen molar-refractivity contribution in [2.75, 3.05) is 12.1 Å². The topological polar surface area (TPSA) is 65.4 Å². The van der Waals surface area contributed by atoms with E-state index in [0.717, 1.165) is 47.1 Å². The van der Waals surface area contributed by atoms with Gasteiger partial charge in [0.1, 0.15) is 0 Å². The smallest absolute Gasteiger partial charge is 0.276 e. The van der Waals surface area contributed by atoms with Crippen molar-refractivity contribution in [3.05, 3.63) is 63.9 Å². The number of nitrogens with zero attached hydrogens (tertiary/aromatic N) is 2. The van der Waals surface area contributed by atoms with Gasteiger partial charge in [-0.1, -0.05) is 22.0 Å². The third-order valence-electron chi connectivity index (χ3n) is 5.08. The summed E-state index contributed by atoms with van der Waals surface area (Å²) in [5.74, 6) is 1.12. The molecule has 1 aliphatic carbocycles. The molecule has 2 aromatic carbocycles. The molecule has 7 heteroatoms. The van der Waals surface area contributed by atoms with Crippen LogP contribution in [0.15, 0.2) is 46.9 Å². The second-order valence-electron chi connectivity index (χ2n) is 6.89. The van der Waals surface area contributed by atoms with E-state index in [-0.39, 0.29) is 12.7 Å². The largest absolute Gasteiger partial charge is 0.454 e. The fraction of sp³-hybridized carbons (Fsp3) is 0.238. The number of rotatable bonds is 3. The predicted molar refractivity (Wildman–Crippen MR) is 108 cm³/mol. The number of fused-ring (bicyclic) bond motifs is 2. The lowest BCUT2D eigenvalue weighted by molar-refractivity contribution is 0.102. The van der Waals surface area contributed by atoms with Crippen molar-refractivity contribution in [2.45, 2.75) is 25.7 Å². The van der Waals surface area contributed by atoms with Crippen LogP contribution >= 0.6 is 15.9 Å². The molecule has 0 saturated heterocycles. The van der Waals surface area contributed by atoms with Crippen LogP contribution in [0.25, 0.3) is 5.69 Å². The molecule has 5 rings (SSSR count). The van der Waals surface area contributed by atoms with Gasteiger partial charge in [-0.2, -0.15) is 5.10 Å². The molecule has 0 atom stereocenters. The lowest BCUT2D eigenvalue weighted by atomic mass is 9.95. The third kappa shape index (κ3) is 3.05. The molecule has 1 N–H and O–H groups in total. The Morgan fingerprint density at radius 3 is 2.82 bits per heavy atom. The number of benzene rings is 2. The molecule has 0 fully saturated rings. The standard InChI is InChI=1S/C21H18BrN3O3/c22-13-4-3-5-15(10-13)25-17-7-2-1-6-16(17)20(24-25)21(26)23-14-8-9-18-19(11-14)28-12-27-18/h3-5,8-11H,1-2,6-7,12H2,(H,23,26). The lowest BCUT2D eigenvalue weighted by Gasteiger charge is -2.14. The Balaban J connectivity index is 1.50. The zero-order valence-corrected chi connectivity index (χ0v) is 16.7. The van der Waals surface area contributed by atoms with Crippen LogP contribution in [0.1, 0.15) is 34.6 Å². The average molecular weight is 440 g/mol. The van der Waals surface area contributed by atoms with Gasteiger partial charge in [0, 0.05) is 27.5 Å². The Bertz CT molecular complexity index is 1080. The van der Waals surface area contributed by atoms with Crippen molar-refractivity contribution in [1.82, 2.24) is 9.78 Å². The quantitative estimate of drug-likeness (QED) is 0.652. The molecule has 1 aliphatic heterocycles. The number of carbonyl (C=O) groups is 1. The Labute approximate surface area is 170 Å². The number of hydrogen-bond acceptors (Lipinski definition) is 4. The number of aromatic nitrogens is 2. The Morgan fingerprint density at radius 2 is 1.93 bits per heavy atom. The summed E-state index contributed by atoms with van der Waals surface area (Å²) in [5.41, 5.74) is 4.28. The second kappa shape index (κ2) is 6.98. The monoisotopic (exact) mass is 439 g/mol. The van der Waals surface area contributed by atoms with Crippen LogP contribution in [0, 0.1) is 0 Å². The number of anilines is 1. The van der Waals surface area contributed by atoms with E-state index < -0.39 is 0 Å². The summed E-state index contributed by atoms with van der Waals surface area (Å²) in [6.45, 7) is 0.206. The summed E-state index contributed by atoms with van der Waals surface area (Å²) < 4.78 is 13.6. The molecule has 0 spiro atoms. The van der Waals surface area contributed by atoms with E-state index in [1.54, 1.807) is 12.1 Å². The van der Waals surface area contributed by atoms with E-state index in [4.69, 9.17) is 14.6 Å². The van der Waals surface area contributed by atoms with E-state index in [1.165, 1.54) is 0 Å². The van der Waals surface area contributed by atoms with Crippen molar-refractivity contribution in [2.24, 2.45) is 0 Å². The molecule has 0 saturated carbocycles. The van der Waals surface area contributed by atoms with Gasteiger partial charge in [-0.25, -0.2) is 4.68 Å². The first-order chi connectivity index (χ1) is 13.7. The number of nitrogens with one attached hydrogen (secondary N) is 1. The maximum Gasteiger partial charge on any atom is 0.276 e. The number of ether oxygens (including phenoxy) is 2. The van der Waals surface area contributed by atoms with Crippen molar-refractivity contribution in [1.29, 1.82) is 0 Å². The molecule has 0 radical (unpaired) electrons. The Kier molecular flexibility index (Phi) is 4.31. The zero-order valence-electron chi connectivity index (χ0n) is 15.1. The minimum atomic E-state index is -0.203. The number of carbonyl (C=O) groups excluding carboxylic acids is 1. The molecule has 28 heavy (non-hydrogen) atoms. The molecule has 0 unspecified atom stereocenters. The second-order valence-corrected chi connectivity index (χ2v) is 7.81. The van der Waals surface area contributed by atoms with Gasteiger partial charge in [0.2, 0.25) is 6.79 Å². The van der Waals surface area contributed by atoms with Gasteiger partial charge in [-0.3, -0.25) is 4.79 Å². The van der Waals surface area contributed by atoms with Crippen molar-refractivity contribution < 1.29 is 14.3 Å². The Hall–Kier alpha value is -2.80. The summed E-state index contributed by atoms with van der Waals surface area (Å²) >= 11 is 3.52. The van der Waals surface area contributed by atoms with Crippen LogP contribution in [-0.4, -0.2) is 22.5 Å². The maximum atomic E-state index is 13.0. The van der Waals surface area contributed by atoms with Gasteiger partial charge in [-0.05, 0) is 56.0 Å². The molecular formula is C21H18BrN3O3. The number of hydrogen-bond donors (Lipinski definition) is 1. The van der Waals surface area contributed by atoms with Crippen LogP contribution in [0.2, 0.25) is 0 Å².